The first-order chi connectivity index (χ1) is 15.3. The van der Waals surface area contributed by atoms with Gasteiger partial charge in [-0.2, -0.15) is 0 Å². The Hall–Kier alpha value is -2.60. The van der Waals surface area contributed by atoms with Gasteiger partial charge in [0.25, 0.3) is 0 Å². The summed E-state index contributed by atoms with van der Waals surface area (Å²) in [6.45, 7) is 7.81. The highest BCUT2D eigenvalue weighted by atomic mass is 35.5. The third-order valence-corrected chi connectivity index (χ3v) is 7.12. The van der Waals surface area contributed by atoms with Gasteiger partial charge in [0.05, 0.1) is 12.1 Å². The van der Waals surface area contributed by atoms with Crippen LogP contribution in [0.1, 0.15) is 64.9 Å². The molecule has 0 atom stereocenters. The average molecular weight is 472 g/mol. The van der Waals surface area contributed by atoms with Crippen molar-refractivity contribution in [2.45, 2.75) is 59.3 Å². The van der Waals surface area contributed by atoms with Crippen LogP contribution in [0.3, 0.4) is 0 Å². The Morgan fingerprint density at radius 3 is 1.97 bits per heavy atom. The summed E-state index contributed by atoms with van der Waals surface area (Å²) in [5.41, 5.74) is 2.64. The van der Waals surface area contributed by atoms with Crippen molar-refractivity contribution in [3.63, 3.8) is 0 Å². The van der Waals surface area contributed by atoms with E-state index in [1.54, 1.807) is 17.0 Å². The molecule has 0 radical (unpaired) electrons. The summed E-state index contributed by atoms with van der Waals surface area (Å²) in [7, 11) is 1.53. The Morgan fingerprint density at radius 2 is 1.55 bits per heavy atom. The number of ether oxygens (including phenoxy) is 1. The zero-order chi connectivity index (χ0) is 24.3. The fraction of sp³-hybridized carbons (Fsp3) is 0.500. The van der Waals surface area contributed by atoms with Gasteiger partial charge < -0.3 is 14.7 Å². The Bertz CT molecular complexity index is 1070. The lowest BCUT2D eigenvalue weighted by Gasteiger charge is -2.48. The molecule has 1 aromatic rings. The number of carbonyl (C=O) groups is 3. The molecule has 0 unspecified atom stereocenters. The molecule has 3 aliphatic rings. The predicted molar refractivity (Wildman–Crippen MR) is 125 cm³/mol. The molecule has 7 heteroatoms. The molecule has 176 valence electrons. The van der Waals surface area contributed by atoms with E-state index in [1.807, 2.05) is 33.8 Å². The maximum absolute atomic E-state index is 13.6. The highest BCUT2D eigenvalue weighted by molar-refractivity contribution is 6.32. The molecule has 0 aromatic heterocycles. The van der Waals surface area contributed by atoms with Gasteiger partial charge in [0, 0.05) is 41.3 Å². The Morgan fingerprint density at radius 1 is 1.03 bits per heavy atom. The Labute approximate surface area is 199 Å². The van der Waals surface area contributed by atoms with Crippen molar-refractivity contribution >= 4 is 29.1 Å². The first kappa shape index (κ1) is 23.6. The second-order valence-corrected chi connectivity index (χ2v) is 11.3. The zero-order valence-electron chi connectivity index (χ0n) is 19.8. The molecular formula is C26H30ClNO5. The lowest BCUT2D eigenvalue weighted by Crippen LogP contribution is -2.45. The Balaban J connectivity index is 2.01. The van der Waals surface area contributed by atoms with Crippen LogP contribution in [0.25, 0.3) is 0 Å². The van der Waals surface area contributed by atoms with Crippen molar-refractivity contribution < 1.29 is 24.2 Å². The number of hydrogen-bond donors (Lipinski definition) is 1. The number of carboxylic acids is 1. The fourth-order valence-electron chi connectivity index (χ4n) is 5.57. The monoisotopic (exact) mass is 471 g/mol. The molecule has 33 heavy (non-hydrogen) atoms. The van der Waals surface area contributed by atoms with Crippen LogP contribution < -0.4 is 4.74 Å². The van der Waals surface area contributed by atoms with Crippen LogP contribution >= 0.6 is 11.6 Å². The van der Waals surface area contributed by atoms with E-state index in [1.165, 1.54) is 7.11 Å². The number of ketones is 2. The number of hydrogen-bond acceptors (Lipinski definition) is 5. The molecule has 1 heterocycles. The second kappa shape index (κ2) is 8.01. The minimum absolute atomic E-state index is 0.0437. The molecule has 1 aromatic carbocycles. The van der Waals surface area contributed by atoms with Crippen molar-refractivity contribution in [1.29, 1.82) is 0 Å². The van der Waals surface area contributed by atoms with Gasteiger partial charge in [0.2, 0.25) is 0 Å². The average Bonchev–Trinajstić information content (AvgIpc) is 2.67. The van der Waals surface area contributed by atoms with Crippen LogP contribution in [0.4, 0.5) is 0 Å². The van der Waals surface area contributed by atoms with Gasteiger partial charge >= 0.3 is 5.97 Å². The van der Waals surface area contributed by atoms with Gasteiger partial charge in [0.15, 0.2) is 11.6 Å². The number of carbonyl (C=O) groups excluding carboxylic acids is 2. The minimum Gasteiger partial charge on any atom is -0.495 e. The van der Waals surface area contributed by atoms with E-state index in [4.69, 9.17) is 16.3 Å². The van der Waals surface area contributed by atoms with Crippen LogP contribution in [0.5, 0.6) is 5.75 Å². The highest BCUT2D eigenvalue weighted by Crippen LogP contribution is 2.54. The van der Waals surface area contributed by atoms with Gasteiger partial charge in [-0.25, -0.2) is 0 Å². The normalized spacial score (nSPS) is 22.3. The van der Waals surface area contributed by atoms with E-state index in [-0.39, 0.29) is 28.9 Å². The van der Waals surface area contributed by atoms with Gasteiger partial charge in [-0.15, -0.1) is 0 Å². The first-order valence-corrected chi connectivity index (χ1v) is 11.6. The lowest BCUT2D eigenvalue weighted by atomic mass is 9.63. The number of benzene rings is 1. The van der Waals surface area contributed by atoms with E-state index in [0.29, 0.717) is 47.6 Å². The third-order valence-electron chi connectivity index (χ3n) is 6.82. The molecule has 4 rings (SSSR count). The number of nitrogens with zero attached hydrogens (tertiary/aromatic N) is 1. The summed E-state index contributed by atoms with van der Waals surface area (Å²) in [5.74, 6) is -1.13. The Kier molecular flexibility index (Phi) is 5.72. The molecule has 0 amide bonds. The lowest BCUT2D eigenvalue weighted by molar-refractivity contribution is -0.138. The van der Waals surface area contributed by atoms with E-state index >= 15 is 0 Å². The number of Topliss-reactive ketones (excluding diaryl/α,β-unsaturated/α-hetero) is 2. The number of methoxy groups -OCH3 is 1. The van der Waals surface area contributed by atoms with Crippen LogP contribution in [0.15, 0.2) is 40.7 Å². The highest BCUT2D eigenvalue weighted by Gasteiger charge is 2.49. The maximum Gasteiger partial charge on any atom is 0.323 e. The largest absolute Gasteiger partial charge is 0.495 e. The predicted octanol–water partition coefficient (Wildman–Crippen LogP) is 5.12. The van der Waals surface area contributed by atoms with Crippen molar-refractivity contribution in [2.24, 2.45) is 10.8 Å². The SMILES string of the molecule is COc1ccc(C2C3=C(CC(C)(C)CC3=O)N(CC(=O)O)C3=C2C(=O)CC(C)(C)C3)cc1Cl. The van der Waals surface area contributed by atoms with E-state index in [2.05, 4.69) is 0 Å². The minimum atomic E-state index is -0.994. The van der Waals surface area contributed by atoms with Crippen LogP contribution in [-0.4, -0.2) is 41.2 Å². The van der Waals surface area contributed by atoms with E-state index < -0.39 is 11.9 Å². The van der Waals surface area contributed by atoms with Crippen LogP contribution in [0, 0.1) is 10.8 Å². The molecular weight excluding hydrogens is 442 g/mol. The van der Waals surface area contributed by atoms with Gasteiger partial charge in [-0.1, -0.05) is 45.4 Å². The summed E-state index contributed by atoms with van der Waals surface area (Å²) in [4.78, 5) is 40.7. The molecule has 0 saturated carbocycles. The van der Waals surface area contributed by atoms with Crippen molar-refractivity contribution in [1.82, 2.24) is 4.90 Å². The summed E-state index contributed by atoms with van der Waals surface area (Å²) in [6, 6.07) is 5.35. The summed E-state index contributed by atoms with van der Waals surface area (Å²) in [5, 5.41) is 10.1. The van der Waals surface area contributed by atoms with E-state index in [0.717, 1.165) is 17.0 Å². The molecule has 1 N–H and O–H groups in total. The summed E-state index contributed by atoms with van der Waals surface area (Å²) < 4.78 is 5.29. The van der Waals surface area contributed by atoms with E-state index in [9.17, 15) is 19.5 Å². The first-order valence-electron chi connectivity index (χ1n) is 11.2. The quantitative estimate of drug-likeness (QED) is 0.656. The number of halogens is 1. The van der Waals surface area contributed by atoms with Gasteiger partial charge in [-0.3, -0.25) is 14.4 Å². The molecule has 0 bridgehead atoms. The van der Waals surface area contributed by atoms with Gasteiger partial charge in [0.1, 0.15) is 12.3 Å². The smallest absolute Gasteiger partial charge is 0.323 e. The molecule has 0 spiro atoms. The maximum atomic E-state index is 13.6. The zero-order valence-corrected chi connectivity index (χ0v) is 20.5. The second-order valence-electron chi connectivity index (χ2n) is 10.9. The van der Waals surface area contributed by atoms with Crippen molar-refractivity contribution in [2.75, 3.05) is 13.7 Å². The third kappa shape index (κ3) is 4.21. The molecule has 1 aliphatic heterocycles. The summed E-state index contributed by atoms with van der Waals surface area (Å²) >= 11 is 6.44. The van der Waals surface area contributed by atoms with Gasteiger partial charge in [-0.05, 0) is 41.4 Å². The van der Waals surface area contributed by atoms with Crippen molar-refractivity contribution in [3.05, 3.63) is 51.3 Å². The summed E-state index contributed by atoms with van der Waals surface area (Å²) in [6.07, 6.45) is 1.81. The topological polar surface area (TPSA) is 83.9 Å². The van der Waals surface area contributed by atoms with Crippen LogP contribution in [0.2, 0.25) is 5.02 Å². The fourth-order valence-corrected chi connectivity index (χ4v) is 5.84. The van der Waals surface area contributed by atoms with Crippen LogP contribution in [-0.2, 0) is 14.4 Å². The number of carboxylic acid groups (broad SMARTS) is 1. The molecule has 6 nitrogen and oxygen atoms in total. The molecule has 0 fully saturated rings. The number of aliphatic carboxylic acids is 1. The standard InChI is InChI=1S/C26H30ClNO5/c1-25(2)9-16-23(18(29)11-25)22(14-6-7-20(33-5)15(27)8-14)24-17(28(16)13-21(31)32)10-26(3,4)12-19(24)30/h6-8,22H,9-13H2,1-5H3,(H,31,32). The van der Waals surface area contributed by atoms with Crippen molar-refractivity contribution in [3.8, 4) is 5.75 Å². The molecule has 2 aliphatic carbocycles. The molecule has 0 saturated heterocycles. The number of allylic oxidation sites excluding steroid dienone is 4. The number of rotatable bonds is 4.